The monoisotopic (exact) mass is 290 g/mol. The number of nitrogens with zero attached hydrogens (tertiary/aromatic N) is 3. The van der Waals surface area contributed by atoms with E-state index in [1.54, 1.807) is 17.7 Å². The Bertz CT molecular complexity index is 655. The summed E-state index contributed by atoms with van der Waals surface area (Å²) in [5.41, 5.74) is 2.87. The normalized spacial score (nSPS) is 11.9. The molecule has 6 heteroatoms. The summed E-state index contributed by atoms with van der Waals surface area (Å²) in [5, 5.41) is 7.33. The number of carbonyl (C=O) groups is 1. The lowest BCUT2D eigenvalue weighted by atomic mass is 9.93. The van der Waals surface area contributed by atoms with Crippen molar-refractivity contribution in [2.45, 2.75) is 33.1 Å². The van der Waals surface area contributed by atoms with Crippen LogP contribution in [0.3, 0.4) is 0 Å². The highest BCUT2D eigenvalue weighted by Gasteiger charge is 2.19. The second-order valence-corrected chi connectivity index (χ2v) is 6.08. The van der Waals surface area contributed by atoms with Gasteiger partial charge in [0, 0.05) is 30.8 Å². The van der Waals surface area contributed by atoms with Crippen molar-refractivity contribution in [3.8, 4) is 0 Å². The first-order valence-corrected chi connectivity index (χ1v) is 6.98. The molecule has 0 saturated carbocycles. The highest BCUT2D eigenvalue weighted by Crippen LogP contribution is 2.22. The number of carbonyl (C=O) groups excluding carboxylic acids is 1. The zero-order valence-corrected chi connectivity index (χ0v) is 13.2. The van der Waals surface area contributed by atoms with Crippen LogP contribution in [0.4, 0.5) is 0 Å². The molecule has 6 nitrogen and oxygen atoms in total. The molecule has 0 radical (unpaired) electrons. The molecule has 114 valence electrons. The fourth-order valence-electron chi connectivity index (χ4n) is 1.97. The molecule has 0 atom stereocenters. The SMILES string of the molecule is COCCNC(=O)c1cc(C)n2nc(C(C)(C)C)cc2n1. The number of aryl methyl sites for hydroxylation is 1. The maximum Gasteiger partial charge on any atom is 0.270 e. The van der Waals surface area contributed by atoms with Crippen molar-refractivity contribution in [1.29, 1.82) is 0 Å². The lowest BCUT2D eigenvalue weighted by Gasteiger charge is -2.13. The summed E-state index contributed by atoms with van der Waals surface area (Å²) < 4.78 is 6.68. The number of hydrogen-bond donors (Lipinski definition) is 1. The second-order valence-electron chi connectivity index (χ2n) is 6.08. The van der Waals surface area contributed by atoms with Gasteiger partial charge in [0.25, 0.3) is 5.91 Å². The van der Waals surface area contributed by atoms with Gasteiger partial charge in [0.15, 0.2) is 5.65 Å². The number of nitrogens with one attached hydrogen (secondary N) is 1. The summed E-state index contributed by atoms with van der Waals surface area (Å²) >= 11 is 0. The van der Waals surface area contributed by atoms with E-state index in [1.807, 2.05) is 13.0 Å². The highest BCUT2D eigenvalue weighted by molar-refractivity contribution is 5.92. The molecule has 0 aliphatic rings. The lowest BCUT2D eigenvalue weighted by molar-refractivity contribution is 0.0932. The van der Waals surface area contributed by atoms with Crippen molar-refractivity contribution >= 4 is 11.6 Å². The average Bonchev–Trinajstić information content (AvgIpc) is 2.83. The lowest BCUT2D eigenvalue weighted by Crippen LogP contribution is -2.28. The van der Waals surface area contributed by atoms with Crippen molar-refractivity contribution in [3.63, 3.8) is 0 Å². The summed E-state index contributed by atoms with van der Waals surface area (Å²) in [6.45, 7) is 9.16. The first kappa shape index (κ1) is 15.4. The molecule has 0 aliphatic heterocycles. The molecular formula is C15H22N4O2. The molecule has 21 heavy (non-hydrogen) atoms. The fourth-order valence-corrected chi connectivity index (χ4v) is 1.97. The van der Waals surface area contributed by atoms with Gasteiger partial charge in [0.1, 0.15) is 5.69 Å². The van der Waals surface area contributed by atoms with Crippen LogP contribution >= 0.6 is 0 Å². The first-order chi connectivity index (χ1) is 9.82. The molecular weight excluding hydrogens is 268 g/mol. The summed E-state index contributed by atoms with van der Waals surface area (Å²) in [7, 11) is 1.60. The standard InChI is InChI=1S/C15H22N4O2/c1-10-8-11(14(20)16-6-7-21-5)17-13-9-12(15(2,3)4)18-19(10)13/h8-9H,6-7H2,1-5H3,(H,16,20). The number of rotatable bonds is 4. The van der Waals surface area contributed by atoms with Gasteiger partial charge in [-0.3, -0.25) is 4.79 Å². The van der Waals surface area contributed by atoms with Crippen molar-refractivity contribution in [1.82, 2.24) is 19.9 Å². The average molecular weight is 290 g/mol. The van der Waals surface area contributed by atoms with E-state index in [2.05, 4.69) is 36.2 Å². The molecule has 0 bridgehead atoms. The van der Waals surface area contributed by atoms with E-state index in [4.69, 9.17) is 4.74 Å². The maximum atomic E-state index is 12.1. The predicted octanol–water partition coefficient (Wildman–Crippen LogP) is 1.71. The van der Waals surface area contributed by atoms with Gasteiger partial charge in [0.2, 0.25) is 0 Å². The van der Waals surface area contributed by atoms with Crippen LogP contribution in [-0.4, -0.2) is 40.8 Å². The van der Waals surface area contributed by atoms with Crippen molar-refractivity contribution in [2.75, 3.05) is 20.3 Å². The quantitative estimate of drug-likeness (QED) is 0.870. The van der Waals surface area contributed by atoms with Crippen LogP contribution in [0.2, 0.25) is 0 Å². The van der Waals surface area contributed by atoms with Gasteiger partial charge in [-0.25, -0.2) is 9.50 Å². The van der Waals surface area contributed by atoms with Crippen LogP contribution in [-0.2, 0) is 10.2 Å². The van der Waals surface area contributed by atoms with Gasteiger partial charge in [-0.05, 0) is 13.0 Å². The van der Waals surface area contributed by atoms with Crippen molar-refractivity contribution < 1.29 is 9.53 Å². The minimum absolute atomic E-state index is 0.0545. The van der Waals surface area contributed by atoms with Gasteiger partial charge in [-0.1, -0.05) is 20.8 Å². The Morgan fingerprint density at radius 1 is 1.38 bits per heavy atom. The summed E-state index contributed by atoms with van der Waals surface area (Å²) in [5.74, 6) is -0.198. The number of ether oxygens (including phenoxy) is 1. The minimum atomic E-state index is -0.198. The third-order valence-electron chi connectivity index (χ3n) is 3.20. The van der Waals surface area contributed by atoms with E-state index >= 15 is 0 Å². The Balaban J connectivity index is 2.33. The largest absolute Gasteiger partial charge is 0.383 e. The number of aromatic nitrogens is 3. The van der Waals surface area contributed by atoms with Gasteiger partial charge in [-0.15, -0.1) is 0 Å². The molecule has 0 aliphatic carbocycles. The Morgan fingerprint density at radius 2 is 2.10 bits per heavy atom. The minimum Gasteiger partial charge on any atom is -0.383 e. The van der Waals surface area contributed by atoms with Gasteiger partial charge < -0.3 is 10.1 Å². The number of fused-ring (bicyclic) bond motifs is 1. The Morgan fingerprint density at radius 3 is 2.71 bits per heavy atom. The molecule has 1 amide bonds. The summed E-state index contributed by atoms with van der Waals surface area (Å²) in [6.07, 6.45) is 0. The summed E-state index contributed by atoms with van der Waals surface area (Å²) in [6, 6.07) is 3.67. The number of amides is 1. The van der Waals surface area contributed by atoms with Crippen LogP contribution in [0.5, 0.6) is 0 Å². The Labute approximate surface area is 124 Å². The van der Waals surface area contributed by atoms with Crippen LogP contribution in [0.15, 0.2) is 12.1 Å². The topological polar surface area (TPSA) is 68.5 Å². The molecule has 2 heterocycles. The third kappa shape index (κ3) is 3.39. The third-order valence-corrected chi connectivity index (χ3v) is 3.20. The molecule has 1 N–H and O–H groups in total. The molecule has 0 saturated heterocycles. The molecule has 0 spiro atoms. The van der Waals surface area contributed by atoms with Crippen molar-refractivity contribution in [3.05, 3.63) is 29.2 Å². The second kappa shape index (κ2) is 5.81. The number of methoxy groups -OCH3 is 1. The van der Waals surface area contributed by atoms with Crippen LogP contribution in [0.1, 0.15) is 42.6 Å². The number of hydrogen-bond acceptors (Lipinski definition) is 4. The fraction of sp³-hybridized carbons (Fsp3) is 0.533. The Kier molecular flexibility index (Phi) is 4.27. The van der Waals surface area contributed by atoms with E-state index in [9.17, 15) is 4.79 Å². The van der Waals surface area contributed by atoms with E-state index in [1.165, 1.54) is 0 Å². The van der Waals surface area contributed by atoms with Gasteiger partial charge in [0.05, 0.1) is 12.3 Å². The van der Waals surface area contributed by atoms with Gasteiger partial charge >= 0.3 is 0 Å². The van der Waals surface area contributed by atoms with Crippen LogP contribution in [0.25, 0.3) is 5.65 Å². The zero-order chi connectivity index (χ0) is 15.6. The van der Waals surface area contributed by atoms with E-state index in [0.29, 0.717) is 24.5 Å². The predicted molar refractivity (Wildman–Crippen MR) is 80.6 cm³/mol. The molecule has 0 aromatic carbocycles. The molecule has 2 aromatic heterocycles. The Hall–Kier alpha value is -1.95. The molecule has 2 rings (SSSR count). The highest BCUT2D eigenvalue weighted by atomic mass is 16.5. The molecule has 2 aromatic rings. The van der Waals surface area contributed by atoms with Crippen LogP contribution < -0.4 is 5.32 Å². The molecule has 0 fully saturated rings. The zero-order valence-electron chi connectivity index (χ0n) is 13.2. The van der Waals surface area contributed by atoms with Crippen molar-refractivity contribution in [2.24, 2.45) is 0 Å². The van der Waals surface area contributed by atoms with E-state index < -0.39 is 0 Å². The van der Waals surface area contributed by atoms with E-state index in [-0.39, 0.29) is 11.3 Å². The molecule has 0 unspecified atom stereocenters. The van der Waals surface area contributed by atoms with E-state index in [0.717, 1.165) is 11.4 Å². The smallest absolute Gasteiger partial charge is 0.270 e. The van der Waals surface area contributed by atoms with Gasteiger partial charge in [-0.2, -0.15) is 5.10 Å². The summed E-state index contributed by atoms with van der Waals surface area (Å²) in [4.78, 5) is 16.5. The van der Waals surface area contributed by atoms with Crippen LogP contribution in [0, 0.1) is 6.92 Å². The maximum absolute atomic E-state index is 12.1. The first-order valence-electron chi connectivity index (χ1n) is 6.98.